The van der Waals surface area contributed by atoms with Crippen LogP contribution >= 0.6 is 0 Å². The van der Waals surface area contributed by atoms with Crippen molar-refractivity contribution in [1.29, 1.82) is 0 Å². The summed E-state index contributed by atoms with van der Waals surface area (Å²) >= 11 is 0. The average Bonchev–Trinajstić information content (AvgIpc) is 2.60. The van der Waals surface area contributed by atoms with Crippen molar-refractivity contribution in [2.45, 2.75) is 46.3 Å². The average molecular weight is 353 g/mol. The molecule has 1 heterocycles. The molecule has 0 spiro atoms. The number of hydrogen-bond acceptors (Lipinski definition) is 3. The summed E-state index contributed by atoms with van der Waals surface area (Å²) in [5, 5.41) is 10.4. The Morgan fingerprint density at radius 1 is 1.15 bits per heavy atom. The molecule has 1 N–H and O–H groups in total. The number of rotatable bonds is 3. The molecular weight excluding hydrogens is 326 g/mol. The van der Waals surface area contributed by atoms with Crippen LogP contribution in [0, 0.1) is 5.41 Å². The molecule has 2 aromatic rings. The second-order valence-corrected chi connectivity index (χ2v) is 8.13. The molecule has 1 unspecified atom stereocenters. The van der Waals surface area contributed by atoms with Crippen LogP contribution in [0.1, 0.15) is 50.0 Å². The SMILES string of the molecule is CC(C)(C)Cc1ccc2c(c1)C(O)CCN2C(=O)OCc1ccccc1. The van der Waals surface area contributed by atoms with E-state index in [1.165, 1.54) is 5.56 Å². The first-order valence-corrected chi connectivity index (χ1v) is 9.12. The Balaban J connectivity index is 1.76. The van der Waals surface area contributed by atoms with E-state index in [-0.39, 0.29) is 18.1 Å². The third-order valence-electron chi connectivity index (χ3n) is 4.53. The van der Waals surface area contributed by atoms with Crippen molar-refractivity contribution in [3.05, 3.63) is 65.2 Å². The Labute approximate surface area is 155 Å². The van der Waals surface area contributed by atoms with E-state index in [0.29, 0.717) is 13.0 Å². The topological polar surface area (TPSA) is 49.8 Å². The van der Waals surface area contributed by atoms with Crippen LogP contribution in [0.3, 0.4) is 0 Å². The molecular formula is C22H27NO3. The largest absolute Gasteiger partial charge is 0.444 e. The molecule has 0 fully saturated rings. The maximum absolute atomic E-state index is 12.6. The number of aliphatic hydroxyl groups excluding tert-OH is 1. The highest BCUT2D eigenvalue weighted by Crippen LogP contribution is 2.36. The number of carbonyl (C=O) groups excluding carboxylic acids is 1. The van der Waals surface area contributed by atoms with Gasteiger partial charge in [0, 0.05) is 12.1 Å². The summed E-state index contributed by atoms with van der Waals surface area (Å²) in [6, 6.07) is 15.6. The van der Waals surface area contributed by atoms with Crippen molar-refractivity contribution in [3.63, 3.8) is 0 Å². The molecule has 0 saturated heterocycles. The molecule has 1 aliphatic heterocycles. The fraction of sp³-hybridized carbons (Fsp3) is 0.409. The highest BCUT2D eigenvalue weighted by Gasteiger charge is 2.29. The molecule has 2 aromatic carbocycles. The van der Waals surface area contributed by atoms with Gasteiger partial charge in [-0.15, -0.1) is 0 Å². The Morgan fingerprint density at radius 2 is 1.88 bits per heavy atom. The van der Waals surface area contributed by atoms with E-state index in [2.05, 4.69) is 20.8 Å². The van der Waals surface area contributed by atoms with Crippen molar-refractivity contribution < 1.29 is 14.6 Å². The minimum absolute atomic E-state index is 0.169. The molecule has 0 aliphatic carbocycles. The van der Waals surface area contributed by atoms with E-state index in [9.17, 15) is 9.90 Å². The van der Waals surface area contributed by atoms with Gasteiger partial charge >= 0.3 is 6.09 Å². The number of aliphatic hydroxyl groups is 1. The number of ether oxygens (including phenoxy) is 1. The van der Waals surface area contributed by atoms with E-state index in [1.807, 2.05) is 48.5 Å². The fourth-order valence-electron chi connectivity index (χ4n) is 3.35. The zero-order chi connectivity index (χ0) is 18.7. The number of benzene rings is 2. The number of carbonyl (C=O) groups is 1. The highest BCUT2D eigenvalue weighted by molar-refractivity contribution is 5.89. The highest BCUT2D eigenvalue weighted by atomic mass is 16.6. The fourth-order valence-corrected chi connectivity index (χ4v) is 3.35. The second kappa shape index (κ2) is 7.50. The summed E-state index contributed by atoms with van der Waals surface area (Å²) in [6.07, 6.45) is 0.534. The van der Waals surface area contributed by atoms with E-state index in [4.69, 9.17) is 4.74 Å². The molecule has 138 valence electrons. The maximum atomic E-state index is 12.6. The number of nitrogens with zero attached hydrogens (tertiary/aromatic N) is 1. The first-order valence-electron chi connectivity index (χ1n) is 9.12. The normalized spacial score (nSPS) is 16.9. The van der Waals surface area contributed by atoms with Gasteiger partial charge < -0.3 is 9.84 Å². The zero-order valence-corrected chi connectivity index (χ0v) is 15.7. The van der Waals surface area contributed by atoms with E-state index < -0.39 is 6.10 Å². The molecule has 26 heavy (non-hydrogen) atoms. The number of amides is 1. The third-order valence-corrected chi connectivity index (χ3v) is 4.53. The van der Waals surface area contributed by atoms with Gasteiger partial charge in [0.2, 0.25) is 0 Å². The van der Waals surface area contributed by atoms with Gasteiger partial charge in [-0.25, -0.2) is 4.79 Å². The van der Waals surface area contributed by atoms with E-state index >= 15 is 0 Å². The van der Waals surface area contributed by atoms with Crippen LogP contribution in [-0.2, 0) is 17.8 Å². The molecule has 0 radical (unpaired) electrons. The smallest absolute Gasteiger partial charge is 0.414 e. The van der Waals surface area contributed by atoms with Crippen LogP contribution in [-0.4, -0.2) is 17.7 Å². The molecule has 3 rings (SSSR count). The Morgan fingerprint density at radius 3 is 2.58 bits per heavy atom. The minimum atomic E-state index is -0.539. The summed E-state index contributed by atoms with van der Waals surface area (Å²) < 4.78 is 5.48. The van der Waals surface area contributed by atoms with Crippen molar-refractivity contribution in [1.82, 2.24) is 0 Å². The van der Waals surface area contributed by atoms with Crippen molar-refractivity contribution in [2.75, 3.05) is 11.4 Å². The van der Waals surface area contributed by atoms with Gasteiger partial charge in [0.05, 0.1) is 11.8 Å². The molecule has 1 atom stereocenters. The number of hydrogen-bond donors (Lipinski definition) is 1. The summed E-state index contributed by atoms with van der Waals surface area (Å²) in [7, 11) is 0. The zero-order valence-electron chi connectivity index (χ0n) is 15.7. The molecule has 4 nitrogen and oxygen atoms in total. The number of fused-ring (bicyclic) bond motifs is 1. The lowest BCUT2D eigenvalue weighted by Crippen LogP contribution is -2.37. The quantitative estimate of drug-likeness (QED) is 0.858. The van der Waals surface area contributed by atoms with Crippen molar-refractivity contribution >= 4 is 11.8 Å². The first kappa shape index (κ1) is 18.5. The van der Waals surface area contributed by atoms with Gasteiger partial charge in [-0.3, -0.25) is 4.90 Å². The molecule has 1 amide bonds. The predicted molar refractivity (Wildman–Crippen MR) is 103 cm³/mol. The van der Waals surface area contributed by atoms with Gasteiger partial charge in [-0.2, -0.15) is 0 Å². The molecule has 0 saturated carbocycles. The summed E-state index contributed by atoms with van der Waals surface area (Å²) in [6.45, 7) is 7.28. The third kappa shape index (κ3) is 4.44. The Bertz CT molecular complexity index is 765. The molecule has 0 bridgehead atoms. The van der Waals surface area contributed by atoms with Crippen LogP contribution in [0.4, 0.5) is 10.5 Å². The second-order valence-electron chi connectivity index (χ2n) is 8.13. The lowest BCUT2D eigenvalue weighted by molar-refractivity contribution is 0.137. The predicted octanol–water partition coefficient (Wildman–Crippen LogP) is 4.86. The Hall–Kier alpha value is -2.33. The van der Waals surface area contributed by atoms with E-state index in [0.717, 1.165) is 23.2 Å². The van der Waals surface area contributed by atoms with Crippen LogP contribution in [0.25, 0.3) is 0 Å². The van der Waals surface area contributed by atoms with Crippen molar-refractivity contribution in [3.8, 4) is 0 Å². The van der Waals surface area contributed by atoms with Gasteiger partial charge in [0.25, 0.3) is 0 Å². The summed E-state index contributed by atoms with van der Waals surface area (Å²) in [4.78, 5) is 14.2. The molecule has 1 aliphatic rings. The van der Waals surface area contributed by atoms with Gasteiger partial charge in [-0.05, 0) is 35.4 Å². The molecule has 4 heteroatoms. The van der Waals surface area contributed by atoms with Gasteiger partial charge in [-0.1, -0.05) is 63.2 Å². The van der Waals surface area contributed by atoms with Gasteiger partial charge in [0.15, 0.2) is 0 Å². The lowest BCUT2D eigenvalue weighted by atomic mass is 9.86. The van der Waals surface area contributed by atoms with Crippen LogP contribution in [0.5, 0.6) is 0 Å². The van der Waals surface area contributed by atoms with Gasteiger partial charge in [0.1, 0.15) is 6.61 Å². The lowest BCUT2D eigenvalue weighted by Gasteiger charge is -2.32. The number of anilines is 1. The summed E-state index contributed by atoms with van der Waals surface area (Å²) in [5.74, 6) is 0. The van der Waals surface area contributed by atoms with E-state index in [1.54, 1.807) is 4.90 Å². The maximum Gasteiger partial charge on any atom is 0.414 e. The van der Waals surface area contributed by atoms with Crippen molar-refractivity contribution in [2.24, 2.45) is 5.41 Å². The molecule has 0 aromatic heterocycles. The van der Waals surface area contributed by atoms with Crippen LogP contribution in [0.15, 0.2) is 48.5 Å². The minimum Gasteiger partial charge on any atom is -0.444 e. The monoisotopic (exact) mass is 353 g/mol. The first-order chi connectivity index (χ1) is 12.3. The van der Waals surface area contributed by atoms with Crippen LogP contribution in [0.2, 0.25) is 0 Å². The Kier molecular flexibility index (Phi) is 5.33. The van der Waals surface area contributed by atoms with Crippen LogP contribution < -0.4 is 4.90 Å². The summed E-state index contributed by atoms with van der Waals surface area (Å²) in [5.41, 5.74) is 3.87. The standard InChI is InChI=1S/C22H27NO3/c1-22(2,3)14-17-9-10-19-18(13-17)20(24)11-12-23(19)21(25)26-15-16-7-5-4-6-8-16/h4-10,13,20,24H,11-12,14-15H2,1-3H3.